The zero-order chi connectivity index (χ0) is 23.2. The van der Waals surface area contributed by atoms with Crippen LogP contribution in [0.4, 0.5) is 22.2 Å². The maximum Gasteiger partial charge on any atom is 0.319 e. The minimum absolute atomic E-state index is 0.116. The van der Waals surface area contributed by atoms with Gasteiger partial charge in [-0.15, -0.1) is 0 Å². The molecule has 0 atom stereocenters. The van der Waals surface area contributed by atoms with E-state index in [1.165, 1.54) is 24.1 Å². The van der Waals surface area contributed by atoms with Gasteiger partial charge in [0.15, 0.2) is 0 Å². The zero-order valence-corrected chi connectivity index (χ0v) is 20.3. The second kappa shape index (κ2) is 10.9. The predicted molar refractivity (Wildman–Crippen MR) is 135 cm³/mol. The number of benzene rings is 1. The van der Waals surface area contributed by atoms with Gasteiger partial charge in [-0.2, -0.15) is 4.98 Å². The molecule has 1 saturated carbocycles. The molecular formula is C26H38N6O. The summed E-state index contributed by atoms with van der Waals surface area (Å²) < 4.78 is 0. The van der Waals surface area contributed by atoms with Gasteiger partial charge in [0, 0.05) is 37.9 Å². The Balaban J connectivity index is 1.26. The maximum absolute atomic E-state index is 12.4. The van der Waals surface area contributed by atoms with Crippen molar-refractivity contribution in [3.05, 3.63) is 41.1 Å². The number of hydrogen-bond donors (Lipinski definition) is 3. The Labute approximate surface area is 197 Å². The number of rotatable bonds is 7. The predicted octanol–water partition coefficient (Wildman–Crippen LogP) is 4.78. The number of aromatic nitrogens is 2. The molecule has 0 bridgehead atoms. The van der Waals surface area contributed by atoms with E-state index >= 15 is 0 Å². The lowest BCUT2D eigenvalue weighted by Crippen LogP contribution is -2.36. The topological polar surface area (TPSA) is 82.2 Å². The van der Waals surface area contributed by atoms with Gasteiger partial charge in [-0.3, -0.25) is 0 Å². The number of nitrogens with one attached hydrogen (secondary N) is 3. The maximum atomic E-state index is 12.4. The highest BCUT2D eigenvalue weighted by Gasteiger charge is 2.24. The summed E-state index contributed by atoms with van der Waals surface area (Å²) in [6.07, 6.45) is 9.81. The fourth-order valence-corrected chi connectivity index (χ4v) is 5.06. The second-order valence-corrected chi connectivity index (χ2v) is 9.61. The lowest BCUT2D eigenvalue weighted by molar-refractivity contribution is 0.246. The molecular weight excluding hydrogens is 412 g/mol. The van der Waals surface area contributed by atoms with Crippen molar-refractivity contribution in [2.45, 2.75) is 70.8 Å². The summed E-state index contributed by atoms with van der Waals surface area (Å²) in [5.74, 6) is 2.35. The van der Waals surface area contributed by atoms with E-state index in [1.54, 1.807) is 0 Å². The Kier molecular flexibility index (Phi) is 7.68. The van der Waals surface area contributed by atoms with E-state index in [-0.39, 0.29) is 6.03 Å². The largest absolute Gasteiger partial charge is 0.362 e. The van der Waals surface area contributed by atoms with Crippen LogP contribution < -0.4 is 20.9 Å². The van der Waals surface area contributed by atoms with Gasteiger partial charge in [-0.25, -0.2) is 9.78 Å². The van der Waals surface area contributed by atoms with Crippen LogP contribution in [0.1, 0.15) is 62.3 Å². The van der Waals surface area contributed by atoms with Crippen molar-refractivity contribution in [1.29, 1.82) is 0 Å². The van der Waals surface area contributed by atoms with Crippen molar-refractivity contribution in [1.82, 2.24) is 15.3 Å². The monoisotopic (exact) mass is 450 g/mol. The number of fused-ring (bicyclic) bond motifs is 1. The molecule has 33 heavy (non-hydrogen) atoms. The van der Waals surface area contributed by atoms with E-state index in [1.807, 2.05) is 18.2 Å². The van der Waals surface area contributed by atoms with Crippen LogP contribution >= 0.6 is 0 Å². The fourth-order valence-electron chi connectivity index (χ4n) is 5.06. The van der Waals surface area contributed by atoms with Crippen molar-refractivity contribution in [3.8, 4) is 0 Å². The number of nitrogens with zero attached hydrogens (tertiary/aromatic N) is 3. The molecule has 2 aliphatic carbocycles. The lowest BCUT2D eigenvalue weighted by atomic mass is 9.86. The number of amides is 2. The Hall–Kier alpha value is -2.83. The number of para-hydroxylation sites is 1. The number of anilines is 3. The van der Waals surface area contributed by atoms with E-state index in [9.17, 15) is 4.79 Å². The summed E-state index contributed by atoms with van der Waals surface area (Å²) in [7, 11) is 4.13. The van der Waals surface area contributed by atoms with E-state index < -0.39 is 0 Å². The molecule has 4 rings (SSSR count). The minimum Gasteiger partial charge on any atom is -0.362 e. The molecule has 178 valence electrons. The Morgan fingerprint density at radius 2 is 1.82 bits per heavy atom. The molecule has 2 aromatic rings. The SMILES string of the molecule is CCc1ccccc1NC(=O)NCC1CCC(Nc2nc3c(c(N(C)C)n2)CCCC3)CC1. The summed E-state index contributed by atoms with van der Waals surface area (Å²) >= 11 is 0. The van der Waals surface area contributed by atoms with Gasteiger partial charge in [-0.1, -0.05) is 25.1 Å². The quantitative estimate of drug-likeness (QED) is 0.566. The first-order chi connectivity index (χ1) is 16.0. The molecule has 7 nitrogen and oxygen atoms in total. The fraction of sp³-hybridized carbons (Fsp3) is 0.577. The van der Waals surface area contributed by atoms with Gasteiger partial charge >= 0.3 is 6.03 Å². The summed E-state index contributed by atoms with van der Waals surface area (Å²) in [5, 5.41) is 9.68. The molecule has 0 radical (unpaired) electrons. The van der Waals surface area contributed by atoms with Crippen LogP contribution in [0.2, 0.25) is 0 Å². The van der Waals surface area contributed by atoms with Crippen molar-refractivity contribution in [2.75, 3.05) is 36.2 Å². The molecule has 0 saturated heterocycles. The number of carbonyl (C=O) groups excluding carboxylic acids is 1. The molecule has 1 aromatic heterocycles. The standard InChI is InChI=1S/C26H38N6O/c1-4-19-9-5-7-11-22(19)30-26(33)27-17-18-13-15-20(16-14-18)28-25-29-23-12-8-6-10-21(23)24(31-25)32(2)3/h5,7,9,11,18,20H,4,6,8,10,12-17H2,1-3H3,(H2,27,30,33)(H,28,29,31). The average Bonchev–Trinajstić information content (AvgIpc) is 2.83. The highest BCUT2D eigenvalue weighted by Crippen LogP contribution is 2.30. The molecule has 2 amide bonds. The third kappa shape index (κ3) is 5.95. The van der Waals surface area contributed by atoms with Crippen molar-refractivity contribution >= 4 is 23.5 Å². The molecule has 0 aliphatic heterocycles. The van der Waals surface area contributed by atoms with Crippen LogP contribution in [0.3, 0.4) is 0 Å². The minimum atomic E-state index is -0.116. The Bertz CT molecular complexity index is 952. The third-order valence-electron chi connectivity index (χ3n) is 6.96. The van der Waals surface area contributed by atoms with Gasteiger partial charge in [0.1, 0.15) is 5.82 Å². The smallest absolute Gasteiger partial charge is 0.319 e. The summed E-state index contributed by atoms with van der Waals surface area (Å²) in [4.78, 5) is 24.2. The van der Waals surface area contributed by atoms with E-state index in [4.69, 9.17) is 9.97 Å². The summed E-state index contributed by atoms with van der Waals surface area (Å²) in [6, 6.07) is 8.25. The van der Waals surface area contributed by atoms with Crippen molar-refractivity contribution < 1.29 is 4.79 Å². The van der Waals surface area contributed by atoms with Gasteiger partial charge in [-0.05, 0) is 75.3 Å². The number of carbonyl (C=O) groups is 1. The molecule has 0 spiro atoms. The van der Waals surface area contributed by atoms with Gasteiger partial charge in [0.05, 0.1) is 5.69 Å². The van der Waals surface area contributed by atoms with Gasteiger partial charge < -0.3 is 20.9 Å². The second-order valence-electron chi connectivity index (χ2n) is 9.61. The first-order valence-electron chi connectivity index (χ1n) is 12.5. The van der Waals surface area contributed by atoms with E-state index in [2.05, 4.69) is 47.9 Å². The molecule has 1 aromatic carbocycles. The zero-order valence-electron chi connectivity index (χ0n) is 20.3. The first-order valence-corrected chi connectivity index (χ1v) is 12.5. The lowest BCUT2D eigenvalue weighted by Gasteiger charge is -2.30. The van der Waals surface area contributed by atoms with Crippen LogP contribution in [-0.2, 0) is 19.3 Å². The van der Waals surface area contributed by atoms with Crippen molar-refractivity contribution in [3.63, 3.8) is 0 Å². The molecule has 7 heteroatoms. The van der Waals surface area contributed by atoms with Crippen LogP contribution in [-0.4, -0.2) is 42.7 Å². The van der Waals surface area contributed by atoms with Crippen LogP contribution in [0.5, 0.6) is 0 Å². The third-order valence-corrected chi connectivity index (χ3v) is 6.96. The van der Waals surface area contributed by atoms with Crippen LogP contribution in [0.15, 0.2) is 24.3 Å². The number of aryl methyl sites for hydroxylation is 2. The number of urea groups is 1. The summed E-state index contributed by atoms with van der Waals surface area (Å²) in [6.45, 7) is 2.81. The first kappa shape index (κ1) is 23.3. The van der Waals surface area contributed by atoms with Crippen LogP contribution in [0.25, 0.3) is 0 Å². The highest BCUT2D eigenvalue weighted by molar-refractivity contribution is 5.90. The highest BCUT2D eigenvalue weighted by atomic mass is 16.2. The molecule has 0 unspecified atom stereocenters. The molecule has 1 heterocycles. The number of hydrogen-bond acceptors (Lipinski definition) is 5. The van der Waals surface area contributed by atoms with Gasteiger partial charge in [0.2, 0.25) is 5.95 Å². The Morgan fingerprint density at radius 1 is 1.06 bits per heavy atom. The van der Waals surface area contributed by atoms with Gasteiger partial charge in [0.25, 0.3) is 0 Å². The molecule has 2 aliphatic rings. The van der Waals surface area contributed by atoms with Crippen LogP contribution in [0, 0.1) is 5.92 Å². The molecule has 1 fully saturated rings. The van der Waals surface area contributed by atoms with Crippen molar-refractivity contribution in [2.24, 2.45) is 5.92 Å². The molecule has 3 N–H and O–H groups in total. The normalized spacial score (nSPS) is 20.0. The van der Waals surface area contributed by atoms with E-state index in [0.29, 0.717) is 18.5 Å². The van der Waals surface area contributed by atoms with E-state index in [0.717, 1.165) is 68.0 Å². The average molecular weight is 451 g/mol. The Morgan fingerprint density at radius 3 is 2.58 bits per heavy atom. The summed E-state index contributed by atoms with van der Waals surface area (Å²) in [5.41, 5.74) is 4.59.